The molecule has 1 atom stereocenters. The summed E-state index contributed by atoms with van der Waals surface area (Å²) in [6.45, 7) is 11.8. The van der Waals surface area contributed by atoms with Crippen molar-refractivity contribution >= 4 is 5.65 Å². The summed E-state index contributed by atoms with van der Waals surface area (Å²) in [6.07, 6.45) is 6.61. The fraction of sp³-hybridized carbons (Fsp3) is 0.440. The maximum atomic E-state index is 9.59. The van der Waals surface area contributed by atoms with Crippen LogP contribution in [0.25, 0.3) is 16.9 Å². The number of aryl methyl sites for hydroxylation is 1. The van der Waals surface area contributed by atoms with Gasteiger partial charge in [0.2, 0.25) is 5.88 Å². The van der Waals surface area contributed by atoms with E-state index in [1.54, 1.807) is 23.0 Å². The maximum Gasteiger partial charge on any atom is 0.201 e. The first-order chi connectivity index (χ1) is 17.0. The summed E-state index contributed by atoms with van der Waals surface area (Å²) in [7, 11) is 0. The molecule has 4 aromatic heterocycles. The van der Waals surface area contributed by atoms with Gasteiger partial charge in [-0.3, -0.25) is 14.4 Å². The number of rotatable bonds is 5. The Kier molecular flexibility index (Phi) is 7.36. The Morgan fingerprint density at radius 1 is 1.14 bits per heavy atom. The van der Waals surface area contributed by atoms with Gasteiger partial charge >= 0.3 is 0 Å². The number of nitriles is 1. The number of piperidine rings is 1. The van der Waals surface area contributed by atoms with E-state index in [1.807, 2.05) is 51.4 Å². The smallest absolute Gasteiger partial charge is 0.201 e. The molecule has 0 radical (unpaired) electrons. The van der Waals surface area contributed by atoms with Gasteiger partial charge in [0, 0.05) is 17.8 Å². The third-order valence-corrected chi connectivity index (χ3v) is 6.03. The van der Waals surface area contributed by atoms with Crippen molar-refractivity contribution in [3.63, 3.8) is 0 Å². The van der Waals surface area contributed by atoms with Crippen LogP contribution in [0.1, 0.15) is 68.5 Å². The number of fused-ring (bicyclic) bond motifs is 1. The third-order valence-electron chi connectivity index (χ3n) is 6.03. The van der Waals surface area contributed by atoms with Crippen LogP contribution < -0.4 is 10.1 Å². The number of imidazole rings is 1. The van der Waals surface area contributed by atoms with Crippen LogP contribution in [-0.4, -0.2) is 47.4 Å². The van der Waals surface area contributed by atoms with Crippen molar-refractivity contribution in [2.75, 3.05) is 13.1 Å². The molecule has 0 amide bonds. The van der Waals surface area contributed by atoms with Gasteiger partial charge in [0.1, 0.15) is 29.2 Å². The SMILES string of the molecule is CC.Cc1cncc(C(C)Oc2cc(-c3nnn(C4CCNCC4)c3C)cc3ncc(C#N)n23)n1. The largest absolute Gasteiger partial charge is 0.469 e. The van der Waals surface area contributed by atoms with Crippen LogP contribution in [0.2, 0.25) is 0 Å². The fourth-order valence-corrected chi connectivity index (χ4v) is 4.31. The molecule has 10 heteroatoms. The quantitative estimate of drug-likeness (QED) is 0.463. The fourth-order valence-electron chi connectivity index (χ4n) is 4.31. The van der Waals surface area contributed by atoms with Crippen LogP contribution in [0, 0.1) is 25.2 Å². The third kappa shape index (κ3) is 4.86. The van der Waals surface area contributed by atoms with Crippen molar-refractivity contribution in [3.05, 3.63) is 53.5 Å². The lowest BCUT2D eigenvalue weighted by molar-refractivity contribution is 0.209. The standard InChI is InChI=1S/C23H25N9O.C2H6/c1-14-11-26-13-20(28-14)16(3)33-22-9-17(8-21-27-12-19(10-24)31(21)22)23-15(2)32(30-29-23)18-4-6-25-7-5-18;1-2/h8-9,11-13,16,18,25H,4-7H2,1-3H3;1-2H3. The first-order valence-corrected chi connectivity index (χ1v) is 12.0. The molecule has 1 fully saturated rings. The van der Waals surface area contributed by atoms with Crippen LogP contribution in [0.3, 0.4) is 0 Å². The molecule has 0 spiro atoms. The summed E-state index contributed by atoms with van der Waals surface area (Å²) in [5, 5.41) is 21.9. The Bertz CT molecular complexity index is 1340. The van der Waals surface area contributed by atoms with Crippen molar-refractivity contribution in [1.82, 2.24) is 39.7 Å². The molecule has 1 aliphatic rings. The molecule has 0 saturated carbocycles. The highest BCUT2D eigenvalue weighted by atomic mass is 16.5. The Morgan fingerprint density at radius 3 is 2.63 bits per heavy atom. The van der Waals surface area contributed by atoms with E-state index < -0.39 is 0 Å². The van der Waals surface area contributed by atoms with Crippen LogP contribution >= 0.6 is 0 Å². The summed E-state index contributed by atoms with van der Waals surface area (Å²) in [4.78, 5) is 13.2. The Balaban J connectivity index is 0.00000141. The average Bonchev–Trinajstić information content (AvgIpc) is 3.49. The highest BCUT2D eigenvalue weighted by molar-refractivity contribution is 5.68. The molecule has 1 N–H and O–H groups in total. The van der Waals surface area contributed by atoms with Crippen LogP contribution in [0.4, 0.5) is 0 Å². The van der Waals surface area contributed by atoms with Crippen molar-refractivity contribution in [3.8, 4) is 23.2 Å². The van der Waals surface area contributed by atoms with Crippen molar-refractivity contribution in [2.45, 2.75) is 59.6 Å². The highest BCUT2D eigenvalue weighted by Crippen LogP contribution is 2.32. The van der Waals surface area contributed by atoms with Gasteiger partial charge in [0.25, 0.3) is 0 Å². The van der Waals surface area contributed by atoms with E-state index in [4.69, 9.17) is 4.74 Å². The minimum atomic E-state index is -0.378. The maximum absolute atomic E-state index is 9.59. The molecule has 0 aliphatic carbocycles. The molecule has 0 bridgehead atoms. The van der Waals surface area contributed by atoms with E-state index >= 15 is 0 Å². The molecule has 1 saturated heterocycles. The van der Waals surface area contributed by atoms with Crippen molar-refractivity contribution in [2.24, 2.45) is 0 Å². The molecule has 5 heterocycles. The van der Waals surface area contributed by atoms with Gasteiger partial charge in [-0.15, -0.1) is 5.10 Å². The molecule has 35 heavy (non-hydrogen) atoms. The molecule has 1 aliphatic heterocycles. The highest BCUT2D eigenvalue weighted by Gasteiger charge is 2.22. The predicted octanol–water partition coefficient (Wildman–Crippen LogP) is 3.96. The second-order valence-electron chi connectivity index (χ2n) is 8.33. The number of ether oxygens (including phenoxy) is 1. The summed E-state index contributed by atoms with van der Waals surface area (Å²) in [5.41, 5.74) is 5.15. The van der Waals surface area contributed by atoms with Crippen LogP contribution in [-0.2, 0) is 0 Å². The van der Waals surface area contributed by atoms with E-state index in [1.165, 1.54) is 0 Å². The molecule has 0 aromatic carbocycles. The Morgan fingerprint density at radius 2 is 1.91 bits per heavy atom. The number of aromatic nitrogens is 7. The minimum Gasteiger partial charge on any atom is -0.469 e. The van der Waals surface area contributed by atoms with E-state index in [9.17, 15) is 5.26 Å². The number of nitrogens with one attached hydrogen (secondary N) is 1. The van der Waals surface area contributed by atoms with E-state index in [0.29, 0.717) is 29.0 Å². The first-order valence-electron chi connectivity index (χ1n) is 12.0. The zero-order valence-electron chi connectivity index (χ0n) is 20.9. The molecular weight excluding hydrogens is 442 g/mol. The van der Waals surface area contributed by atoms with Gasteiger partial charge in [0.15, 0.2) is 0 Å². The number of hydrogen-bond donors (Lipinski definition) is 1. The van der Waals surface area contributed by atoms with Crippen molar-refractivity contribution in [1.29, 1.82) is 5.26 Å². The van der Waals surface area contributed by atoms with E-state index in [2.05, 4.69) is 36.7 Å². The molecule has 5 rings (SSSR count). The Labute approximate surface area is 205 Å². The molecule has 10 nitrogen and oxygen atoms in total. The number of pyridine rings is 1. The van der Waals surface area contributed by atoms with Gasteiger partial charge in [0.05, 0.1) is 35.5 Å². The van der Waals surface area contributed by atoms with Crippen LogP contribution in [0.5, 0.6) is 5.88 Å². The second kappa shape index (κ2) is 10.6. The van der Waals surface area contributed by atoms with Gasteiger partial charge in [-0.2, -0.15) is 5.26 Å². The Hall–Kier alpha value is -3.84. The second-order valence-corrected chi connectivity index (χ2v) is 8.33. The van der Waals surface area contributed by atoms with Crippen LogP contribution in [0.15, 0.2) is 30.7 Å². The van der Waals surface area contributed by atoms with Crippen molar-refractivity contribution < 1.29 is 4.74 Å². The zero-order chi connectivity index (χ0) is 24.9. The number of hydrogen-bond acceptors (Lipinski definition) is 8. The lowest BCUT2D eigenvalue weighted by Gasteiger charge is -2.23. The molecule has 182 valence electrons. The first kappa shape index (κ1) is 24.3. The number of nitrogens with zero attached hydrogens (tertiary/aromatic N) is 8. The topological polar surface area (TPSA) is 119 Å². The monoisotopic (exact) mass is 473 g/mol. The average molecular weight is 474 g/mol. The van der Waals surface area contributed by atoms with E-state index in [0.717, 1.165) is 48.6 Å². The van der Waals surface area contributed by atoms with Gasteiger partial charge < -0.3 is 10.1 Å². The van der Waals surface area contributed by atoms with Gasteiger partial charge in [-0.25, -0.2) is 9.67 Å². The molecular formula is C25H31N9O. The van der Waals surface area contributed by atoms with Gasteiger partial charge in [-0.05, 0) is 52.8 Å². The summed E-state index contributed by atoms with van der Waals surface area (Å²) >= 11 is 0. The normalized spacial score (nSPS) is 14.7. The van der Waals surface area contributed by atoms with Gasteiger partial charge in [-0.1, -0.05) is 19.1 Å². The minimum absolute atomic E-state index is 0.337. The summed E-state index contributed by atoms with van der Waals surface area (Å²) in [6, 6.07) is 6.32. The predicted molar refractivity (Wildman–Crippen MR) is 132 cm³/mol. The molecule has 4 aromatic rings. The summed E-state index contributed by atoms with van der Waals surface area (Å²) < 4.78 is 10.0. The van der Waals surface area contributed by atoms with E-state index in [-0.39, 0.29) is 6.10 Å². The lowest BCUT2D eigenvalue weighted by atomic mass is 10.1. The zero-order valence-corrected chi connectivity index (χ0v) is 20.9. The summed E-state index contributed by atoms with van der Waals surface area (Å²) in [5.74, 6) is 0.489. The molecule has 1 unspecified atom stereocenters. The lowest BCUT2D eigenvalue weighted by Crippen LogP contribution is -2.30.